The first-order valence-electron chi connectivity index (χ1n) is 6.00. The molecule has 19 heavy (non-hydrogen) atoms. The quantitative estimate of drug-likeness (QED) is 0.888. The molecule has 0 aromatic heterocycles. The van der Waals surface area contributed by atoms with Gasteiger partial charge in [0.15, 0.2) is 0 Å². The van der Waals surface area contributed by atoms with E-state index in [0.717, 1.165) is 17.3 Å². The Kier molecular flexibility index (Phi) is 6.26. The fourth-order valence-corrected chi connectivity index (χ4v) is 4.01. The van der Waals surface area contributed by atoms with E-state index in [1.165, 1.54) is 0 Å². The Hall–Kier alpha value is -0.140. The number of rotatable bonds is 3. The molecule has 7 heteroatoms. The smallest absolute Gasteiger partial charge is 0.243 e. The van der Waals surface area contributed by atoms with Gasteiger partial charge in [0.1, 0.15) is 0 Å². The van der Waals surface area contributed by atoms with Gasteiger partial charge in [-0.25, -0.2) is 8.42 Å². The summed E-state index contributed by atoms with van der Waals surface area (Å²) in [6.45, 7) is 1.68. The van der Waals surface area contributed by atoms with Crippen molar-refractivity contribution in [2.75, 3.05) is 19.6 Å². The van der Waals surface area contributed by atoms with E-state index in [4.69, 9.17) is 5.73 Å². The average Bonchev–Trinajstić information content (AvgIpc) is 2.39. The third-order valence-corrected chi connectivity index (χ3v) is 5.67. The summed E-state index contributed by atoms with van der Waals surface area (Å²) in [6.07, 6.45) is 1.90. The molecule has 0 amide bonds. The second-order valence-corrected chi connectivity index (χ2v) is 7.41. The van der Waals surface area contributed by atoms with Gasteiger partial charge in [0.05, 0.1) is 4.90 Å². The number of halogens is 2. The van der Waals surface area contributed by atoms with Gasteiger partial charge in [0, 0.05) is 17.6 Å². The maximum absolute atomic E-state index is 12.4. The Labute approximate surface area is 128 Å². The van der Waals surface area contributed by atoms with Crippen LogP contribution in [0.4, 0.5) is 0 Å². The Balaban J connectivity index is 0.00000180. The first-order valence-corrected chi connectivity index (χ1v) is 8.23. The van der Waals surface area contributed by atoms with Crippen LogP contribution in [0.15, 0.2) is 33.6 Å². The highest BCUT2D eigenvalue weighted by Gasteiger charge is 2.29. The molecule has 2 rings (SSSR count). The maximum atomic E-state index is 12.4. The molecule has 1 saturated heterocycles. The average molecular weight is 370 g/mol. The van der Waals surface area contributed by atoms with Gasteiger partial charge in [-0.2, -0.15) is 4.31 Å². The molecule has 1 aromatic carbocycles. The maximum Gasteiger partial charge on any atom is 0.243 e. The van der Waals surface area contributed by atoms with E-state index >= 15 is 0 Å². The molecule has 0 bridgehead atoms. The minimum atomic E-state index is -3.36. The summed E-state index contributed by atoms with van der Waals surface area (Å²) < 4.78 is 27.3. The first-order chi connectivity index (χ1) is 8.54. The molecule has 1 aliphatic rings. The van der Waals surface area contributed by atoms with Crippen molar-refractivity contribution >= 4 is 38.4 Å². The van der Waals surface area contributed by atoms with Crippen LogP contribution in [0, 0.1) is 5.92 Å². The van der Waals surface area contributed by atoms with Crippen LogP contribution in [-0.4, -0.2) is 32.4 Å². The SMILES string of the molecule is Cl.NCC1CCCN(S(=O)(=O)c2ccc(Br)cc2)C1. The summed E-state index contributed by atoms with van der Waals surface area (Å²) in [5.74, 6) is 0.281. The van der Waals surface area contributed by atoms with Crippen molar-refractivity contribution in [3.8, 4) is 0 Å². The number of benzene rings is 1. The van der Waals surface area contributed by atoms with Gasteiger partial charge in [-0.1, -0.05) is 15.9 Å². The molecule has 0 radical (unpaired) electrons. The lowest BCUT2D eigenvalue weighted by molar-refractivity contribution is 0.271. The van der Waals surface area contributed by atoms with Crippen LogP contribution >= 0.6 is 28.3 Å². The van der Waals surface area contributed by atoms with Gasteiger partial charge in [0.25, 0.3) is 0 Å². The zero-order chi connectivity index (χ0) is 13.2. The van der Waals surface area contributed by atoms with Gasteiger partial charge in [-0.05, 0) is 49.6 Å². The largest absolute Gasteiger partial charge is 0.330 e. The van der Waals surface area contributed by atoms with Crippen LogP contribution in [0.2, 0.25) is 0 Å². The Morgan fingerprint density at radius 3 is 2.53 bits per heavy atom. The van der Waals surface area contributed by atoms with Gasteiger partial charge in [-0.15, -0.1) is 12.4 Å². The molecule has 1 atom stereocenters. The minimum absolute atomic E-state index is 0. The molecule has 108 valence electrons. The highest BCUT2D eigenvalue weighted by molar-refractivity contribution is 9.10. The van der Waals surface area contributed by atoms with Gasteiger partial charge in [-0.3, -0.25) is 0 Å². The molecule has 1 fully saturated rings. The van der Waals surface area contributed by atoms with E-state index in [-0.39, 0.29) is 18.3 Å². The van der Waals surface area contributed by atoms with Crippen molar-refractivity contribution in [3.05, 3.63) is 28.7 Å². The normalized spacial score (nSPS) is 20.8. The zero-order valence-electron chi connectivity index (χ0n) is 10.5. The van der Waals surface area contributed by atoms with Crippen molar-refractivity contribution in [2.24, 2.45) is 11.7 Å². The molecular weight excluding hydrogens is 352 g/mol. The third kappa shape index (κ3) is 3.92. The number of nitrogens with zero attached hydrogens (tertiary/aromatic N) is 1. The van der Waals surface area contributed by atoms with Crippen LogP contribution in [0.5, 0.6) is 0 Å². The number of hydrogen-bond acceptors (Lipinski definition) is 3. The summed E-state index contributed by atoms with van der Waals surface area (Å²) in [7, 11) is -3.36. The van der Waals surface area contributed by atoms with Crippen molar-refractivity contribution in [1.82, 2.24) is 4.31 Å². The molecule has 1 unspecified atom stereocenters. The van der Waals surface area contributed by atoms with Gasteiger partial charge >= 0.3 is 0 Å². The highest BCUT2D eigenvalue weighted by Crippen LogP contribution is 2.24. The fraction of sp³-hybridized carbons (Fsp3) is 0.500. The lowest BCUT2D eigenvalue weighted by Gasteiger charge is -2.31. The van der Waals surface area contributed by atoms with Crippen LogP contribution in [0.3, 0.4) is 0 Å². The second-order valence-electron chi connectivity index (χ2n) is 4.56. The van der Waals surface area contributed by atoms with Crippen molar-refractivity contribution < 1.29 is 8.42 Å². The van der Waals surface area contributed by atoms with E-state index < -0.39 is 10.0 Å². The topological polar surface area (TPSA) is 63.4 Å². The van der Waals surface area contributed by atoms with Crippen molar-refractivity contribution in [3.63, 3.8) is 0 Å². The number of piperidine rings is 1. The molecule has 4 nitrogen and oxygen atoms in total. The first kappa shape index (κ1) is 16.9. The van der Waals surface area contributed by atoms with Crippen molar-refractivity contribution in [1.29, 1.82) is 0 Å². The summed E-state index contributed by atoms with van der Waals surface area (Å²) in [4.78, 5) is 0.350. The predicted molar refractivity (Wildman–Crippen MR) is 81.9 cm³/mol. The highest BCUT2D eigenvalue weighted by atomic mass is 79.9. The molecular formula is C12H18BrClN2O2S. The Morgan fingerprint density at radius 1 is 1.32 bits per heavy atom. The van der Waals surface area contributed by atoms with E-state index in [2.05, 4.69) is 15.9 Å². The molecule has 1 heterocycles. The third-order valence-electron chi connectivity index (χ3n) is 3.27. The summed E-state index contributed by atoms with van der Waals surface area (Å²) in [5.41, 5.74) is 5.64. The number of sulfonamides is 1. The summed E-state index contributed by atoms with van der Waals surface area (Å²) in [6, 6.07) is 6.76. The van der Waals surface area contributed by atoms with Crippen LogP contribution in [0.25, 0.3) is 0 Å². The Morgan fingerprint density at radius 2 is 1.95 bits per heavy atom. The van der Waals surface area contributed by atoms with Crippen LogP contribution in [0.1, 0.15) is 12.8 Å². The van der Waals surface area contributed by atoms with E-state index in [1.807, 2.05) is 0 Å². The summed E-state index contributed by atoms with van der Waals surface area (Å²) in [5, 5.41) is 0. The van der Waals surface area contributed by atoms with E-state index in [9.17, 15) is 8.42 Å². The summed E-state index contributed by atoms with van der Waals surface area (Å²) >= 11 is 3.30. The molecule has 0 saturated carbocycles. The lowest BCUT2D eigenvalue weighted by Crippen LogP contribution is -2.41. The van der Waals surface area contributed by atoms with Crippen LogP contribution in [-0.2, 0) is 10.0 Å². The van der Waals surface area contributed by atoms with E-state index in [1.54, 1.807) is 28.6 Å². The monoisotopic (exact) mass is 368 g/mol. The molecule has 1 aromatic rings. The van der Waals surface area contributed by atoms with Gasteiger partial charge in [0.2, 0.25) is 10.0 Å². The van der Waals surface area contributed by atoms with Crippen molar-refractivity contribution in [2.45, 2.75) is 17.7 Å². The van der Waals surface area contributed by atoms with E-state index in [0.29, 0.717) is 24.5 Å². The standard InChI is InChI=1S/C12H17BrN2O2S.ClH/c13-11-3-5-12(6-4-11)18(16,17)15-7-1-2-10(8-14)9-15;/h3-6,10H,1-2,7-9,14H2;1H. The number of hydrogen-bond donors (Lipinski definition) is 1. The zero-order valence-corrected chi connectivity index (χ0v) is 13.7. The molecule has 2 N–H and O–H groups in total. The second kappa shape index (κ2) is 7.04. The predicted octanol–water partition coefficient (Wildman–Crippen LogP) is 2.23. The molecule has 0 spiro atoms. The molecule has 1 aliphatic heterocycles. The number of nitrogens with two attached hydrogens (primary N) is 1. The van der Waals surface area contributed by atoms with Gasteiger partial charge < -0.3 is 5.73 Å². The fourth-order valence-electron chi connectivity index (χ4n) is 2.19. The van der Waals surface area contributed by atoms with Crippen LogP contribution < -0.4 is 5.73 Å². The lowest BCUT2D eigenvalue weighted by atomic mass is 10.0. The Bertz CT molecular complexity index is 507. The molecule has 0 aliphatic carbocycles. The minimum Gasteiger partial charge on any atom is -0.330 e.